The van der Waals surface area contributed by atoms with Gasteiger partial charge >= 0.3 is 0 Å². The lowest BCUT2D eigenvalue weighted by molar-refractivity contribution is -0.0598. The van der Waals surface area contributed by atoms with Gasteiger partial charge in [-0.3, -0.25) is 0 Å². The summed E-state index contributed by atoms with van der Waals surface area (Å²) in [6.07, 6.45) is 5.86. The molecule has 2 atom stereocenters. The van der Waals surface area contributed by atoms with Crippen LogP contribution >= 0.6 is 0 Å². The maximum Gasteiger partial charge on any atom is 0.103 e. The minimum absolute atomic E-state index is 0.207. The third-order valence-electron chi connectivity index (χ3n) is 2.60. The first kappa shape index (κ1) is 14.9. The van der Waals surface area contributed by atoms with Gasteiger partial charge in [0.2, 0.25) is 0 Å². The van der Waals surface area contributed by atoms with Gasteiger partial charge in [-0.05, 0) is 12.8 Å². The largest absolute Gasteiger partial charge is 0.394 e. The summed E-state index contributed by atoms with van der Waals surface area (Å²) in [6.45, 7) is 4.63. The van der Waals surface area contributed by atoms with Gasteiger partial charge in [0.25, 0.3) is 0 Å². The number of aliphatic hydroxyl groups excluding tert-OH is 2. The number of unbranched alkanes of at least 4 members (excludes halogenated alkanes) is 4. The summed E-state index contributed by atoms with van der Waals surface area (Å²) >= 11 is 0. The van der Waals surface area contributed by atoms with Gasteiger partial charge in [-0.25, -0.2) is 0 Å². The van der Waals surface area contributed by atoms with Crippen molar-refractivity contribution in [3.05, 3.63) is 0 Å². The van der Waals surface area contributed by atoms with Crippen LogP contribution in [0.5, 0.6) is 0 Å². The van der Waals surface area contributed by atoms with Crippen LogP contribution in [0, 0.1) is 0 Å². The van der Waals surface area contributed by atoms with Crippen LogP contribution in [0.4, 0.5) is 0 Å². The van der Waals surface area contributed by atoms with Gasteiger partial charge in [0.15, 0.2) is 0 Å². The van der Waals surface area contributed by atoms with Gasteiger partial charge < -0.3 is 14.9 Å². The average Bonchev–Trinajstić information content (AvgIpc) is 2.27. The molecule has 0 heterocycles. The lowest BCUT2D eigenvalue weighted by atomic mass is 10.1. The van der Waals surface area contributed by atoms with E-state index in [0.717, 1.165) is 12.8 Å². The Balaban J connectivity index is 3.38. The summed E-state index contributed by atoms with van der Waals surface area (Å²) in [5.41, 5.74) is 0. The first-order chi connectivity index (χ1) is 7.26. The van der Waals surface area contributed by atoms with E-state index in [2.05, 4.69) is 6.92 Å². The molecule has 2 unspecified atom stereocenters. The highest BCUT2D eigenvalue weighted by Gasteiger charge is 2.16. The van der Waals surface area contributed by atoms with E-state index in [4.69, 9.17) is 9.84 Å². The van der Waals surface area contributed by atoms with E-state index in [1.807, 2.05) is 6.92 Å². The molecule has 0 rings (SSSR count). The lowest BCUT2D eigenvalue weighted by Gasteiger charge is -2.20. The Morgan fingerprint density at radius 3 is 2.27 bits per heavy atom. The summed E-state index contributed by atoms with van der Waals surface area (Å²) in [7, 11) is 0. The maximum absolute atomic E-state index is 9.38. The van der Waals surface area contributed by atoms with Gasteiger partial charge in [0, 0.05) is 6.61 Å². The van der Waals surface area contributed by atoms with Crippen LogP contribution in [0.15, 0.2) is 0 Å². The number of aliphatic hydroxyl groups is 2. The zero-order valence-corrected chi connectivity index (χ0v) is 10.1. The lowest BCUT2D eigenvalue weighted by Crippen LogP contribution is -2.31. The summed E-state index contributed by atoms with van der Waals surface area (Å²) < 4.78 is 5.51. The zero-order chi connectivity index (χ0) is 11.5. The molecule has 0 saturated carbocycles. The van der Waals surface area contributed by atoms with Crippen molar-refractivity contribution in [1.29, 1.82) is 0 Å². The molecule has 15 heavy (non-hydrogen) atoms. The van der Waals surface area contributed by atoms with Crippen LogP contribution in [-0.2, 0) is 4.74 Å². The summed E-state index contributed by atoms with van der Waals surface area (Å²) in [4.78, 5) is 0. The van der Waals surface area contributed by atoms with Crippen molar-refractivity contribution in [2.24, 2.45) is 0 Å². The zero-order valence-electron chi connectivity index (χ0n) is 10.1. The van der Waals surface area contributed by atoms with Crippen molar-refractivity contribution in [2.45, 2.75) is 64.6 Å². The van der Waals surface area contributed by atoms with E-state index in [0.29, 0.717) is 6.61 Å². The highest BCUT2D eigenvalue weighted by molar-refractivity contribution is 4.65. The first-order valence-electron chi connectivity index (χ1n) is 6.16. The molecule has 0 aliphatic carbocycles. The molecule has 0 saturated heterocycles. The Bertz CT molecular complexity index is 128. The van der Waals surface area contributed by atoms with E-state index >= 15 is 0 Å². The molecule has 0 aliphatic rings. The fourth-order valence-electron chi connectivity index (χ4n) is 1.56. The van der Waals surface area contributed by atoms with Crippen LogP contribution in [0.3, 0.4) is 0 Å². The fraction of sp³-hybridized carbons (Fsp3) is 1.00. The van der Waals surface area contributed by atoms with E-state index in [1.54, 1.807) is 0 Å². The highest BCUT2D eigenvalue weighted by Crippen LogP contribution is 2.07. The summed E-state index contributed by atoms with van der Waals surface area (Å²) in [5.74, 6) is 0. The molecule has 0 bridgehead atoms. The summed E-state index contributed by atoms with van der Waals surface area (Å²) in [6, 6.07) is 0. The molecular formula is C12H26O3. The number of hydrogen-bond donors (Lipinski definition) is 2. The number of rotatable bonds is 10. The predicted octanol–water partition coefficient (Wildman–Crippen LogP) is 2.11. The van der Waals surface area contributed by atoms with Crippen molar-refractivity contribution in [1.82, 2.24) is 0 Å². The van der Waals surface area contributed by atoms with Gasteiger partial charge in [-0.2, -0.15) is 0 Å². The smallest absolute Gasteiger partial charge is 0.103 e. The molecule has 92 valence electrons. The molecule has 0 fully saturated rings. The SMILES string of the molecule is CCCCCCCOC(CC)C(O)CO. The minimum Gasteiger partial charge on any atom is -0.394 e. The maximum atomic E-state index is 9.38. The van der Waals surface area contributed by atoms with E-state index in [9.17, 15) is 5.11 Å². The number of hydrogen-bond acceptors (Lipinski definition) is 3. The quantitative estimate of drug-likeness (QED) is 0.552. The second-order valence-electron chi connectivity index (χ2n) is 3.98. The third-order valence-corrected chi connectivity index (χ3v) is 2.60. The minimum atomic E-state index is -0.731. The number of ether oxygens (including phenoxy) is 1. The van der Waals surface area contributed by atoms with Crippen LogP contribution in [0.2, 0.25) is 0 Å². The van der Waals surface area contributed by atoms with Gasteiger partial charge in [-0.1, -0.05) is 39.5 Å². The third kappa shape index (κ3) is 7.77. The topological polar surface area (TPSA) is 49.7 Å². The van der Waals surface area contributed by atoms with Crippen molar-refractivity contribution < 1.29 is 14.9 Å². The molecule has 3 heteroatoms. The molecule has 0 aliphatic heterocycles. The van der Waals surface area contributed by atoms with E-state index in [-0.39, 0.29) is 12.7 Å². The van der Waals surface area contributed by atoms with Crippen molar-refractivity contribution in [2.75, 3.05) is 13.2 Å². The second kappa shape index (κ2) is 10.4. The second-order valence-corrected chi connectivity index (χ2v) is 3.98. The molecule has 0 aromatic heterocycles. The Morgan fingerprint density at radius 2 is 1.73 bits per heavy atom. The first-order valence-corrected chi connectivity index (χ1v) is 6.16. The molecular weight excluding hydrogens is 192 g/mol. The molecule has 3 nitrogen and oxygen atoms in total. The monoisotopic (exact) mass is 218 g/mol. The van der Waals surface area contributed by atoms with Crippen LogP contribution < -0.4 is 0 Å². The molecule has 0 spiro atoms. The van der Waals surface area contributed by atoms with Crippen molar-refractivity contribution in [3.8, 4) is 0 Å². The Labute approximate surface area is 93.5 Å². The fourth-order valence-corrected chi connectivity index (χ4v) is 1.56. The Hall–Kier alpha value is -0.120. The van der Waals surface area contributed by atoms with E-state index in [1.165, 1.54) is 25.7 Å². The summed E-state index contributed by atoms with van der Waals surface area (Å²) in [5, 5.41) is 18.2. The standard InChI is InChI=1S/C12H26O3/c1-3-5-6-7-8-9-15-12(4-2)11(14)10-13/h11-14H,3-10H2,1-2H3. The van der Waals surface area contributed by atoms with Crippen molar-refractivity contribution >= 4 is 0 Å². The predicted molar refractivity (Wildman–Crippen MR) is 61.9 cm³/mol. The molecule has 0 radical (unpaired) electrons. The van der Waals surface area contributed by atoms with Crippen LogP contribution in [0.1, 0.15) is 52.4 Å². The molecule has 2 N–H and O–H groups in total. The Kier molecular flexibility index (Phi) is 10.3. The van der Waals surface area contributed by atoms with Gasteiger partial charge in [0.1, 0.15) is 6.10 Å². The highest BCUT2D eigenvalue weighted by atomic mass is 16.5. The molecule has 0 amide bonds. The van der Waals surface area contributed by atoms with Crippen LogP contribution in [0.25, 0.3) is 0 Å². The van der Waals surface area contributed by atoms with Gasteiger partial charge in [0.05, 0.1) is 12.7 Å². The normalized spacial score (nSPS) is 15.2. The average molecular weight is 218 g/mol. The van der Waals surface area contributed by atoms with Crippen LogP contribution in [-0.4, -0.2) is 35.6 Å². The molecule has 0 aromatic rings. The molecule has 0 aromatic carbocycles. The van der Waals surface area contributed by atoms with Crippen molar-refractivity contribution in [3.63, 3.8) is 0 Å². The van der Waals surface area contributed by atoms with Gasteiger partial charge in [-0.15, -0.1) is 0 Å². The van der Waals surface area contributed by atoms with E-state index < -0.39 is 6.10 Å². The Morgan fingerprint density at radius 1 is 1.07 bits per heavy atom.